The van der Waals surface area contributed by atoms with Crippen molar-refractivity contribution >= 4 is 5.69 Å². The van der Waals surface area contributed by atoms with E-state index in [9.17, 15) is 0 Å². The van der Waals surface area contributed by atoms with Crippen molar-refractivity contribution < 1.29 is 0 Å². The normalized spacial score (nSPS) is 10.2. The highest BCUT2D eigenvalue weighted by Crippen LogP contribution is 2.07. The van der Waals surface area contributed by atoms with Crippen LogP contribution in [0.3, 0.4) is 0 Å². The van der Waals surface area contributed by atoms with Crippen LogP contribution in [0, 0.1) is 0 Å². The number of nitrogens with one attached hydrogen (secondary N) is 1. The Hall–Kier alpha value is -1.03. The molecular formula is C6H12N4. The number of nitrogens with zero attached hydrogens (tertiary/aromatic N) is 2. The van der Waals surface area contributed by atoms with E-state index in [1.807, 2.05) is 14.1 Å². The molecule has 4 heteroatoms. The van der Waals surface area contributed by atoms with Gasteiger partial charge < -0.3 is 11.1 Å². The van der Waals surface area contributed by atoms with Gasteiger partial charge in [0.15, 0.2) is 0 Å². The van der Waals surface area contributed by atoms with Crippen molar-refractivity contribution in [2.45, 2.75) is 6.54 Å². The van der Waals surface area contributed by atoms with E-state index < -0.39 is 0 Å². The summed E-state index contributed by atoms with van der Waals surface area (Å²) in [5.41, 5.74) is 7.38. The molecule has 0 saturated heterocycles. The number of hydrogen-bond acceptors (Lipinski definition) is 3. The number of nitrogen functional groups attached to an aromatic ring is 1. The molecule has 0 spiro atoms. The molecule has 1 aromatic rings. The second-order valence-electron chi connectivity index (χ2n) is 2.20. The molecule has 1 aromatic heterocycles. The van der Waals surface area contributed by atoms with Crippen molar-refractivity contribution in [3.05, 3.63) is 11.9 Å². The van der Waals surface area contributed by atoms with Gasteiger partial charge in [0, 0.05) is 13.6 Å². The average molecular weight is 140 g/mol. The van der Waals surface area contributed by atoms with E-state index in [1.165, 1.54) is 0 Å². The van der Waals surface area contributed by atoms with Gasteiger partial charge in [0.1, 0.15) is 0 Å². The highest BCUT2D eigenvalue weighted by atomic mass is 15.3. The first-order chi connectivity index (χ1) is 4.75. The van der Waals surface area contributed by atoms with E-state index in [4.69, 9.17) is 5.73 Å². The number of aryl methyl sites for hydroxylation is 1. The van der Waals surface area contributed by atoms with Crippen LogP contribution in [0.4, 0.5) is 5.69 Å². The molecule has 0 aliphatic heterocycles. The lowest BCUT2D eigenvalue weighted by atomic mass is 10.4. The standard InChI is InChI=1S/C6H12N4/c1-8-4-6-5(7)3-9-10(6)2/h3,8H,4,7H2,1-2H3. The summed E-state index contributed by atoms with van der Waals surface area (Å²) < 4.78 is 1.77. The minimum atomic E-state index is 0.747. The van der Waals surface area contributed by atoms with Gasteiger partial charge in [-0.3, -0.25) is 4.68 Å². The third-order valence-electron chi connectivity index (χ3n) is 1.44. The molecular weight excluding hydrogens is 128 g/mol. The van der Waals surface area contributed by atoms with Crippen LogP contribution in [0.2, 0.25) is 0 Å². The van der Waals surface area contributed by atoms with E-state index in [0.717, 1.165) is 17.9 Å². The first kappa shape index (κ1) is 7.08. The summed E-state index contributed by atoms with van der Waals surface area (Å²) in [6.07, 6.45) is 1.66. The number of aromatic nitrogens is 2. The maximum absolute atomic E-state index is 5.60. The Labute approximate surface area is 60.0 Å². The zero-order valence-electron chi connectivity index (χ0n) is 6.26. The molecule has 1 heterocycles. The first-order valence-electron chi connectivity index (χ1n) is 3.16. The fourth-order valence-electron chi connectivity index (χ4n) is 0.864. The smallest absolute Gasteiger partial charge is 0.0748 e. The Morgan fingerprint density at radius 1 is 1.80 bits per heavy atom. The van der Waals surface area contributed by atoms with Crippen LogP contribution in [0.5, 0.6) is 0 Å². The molecule has 0 saturated carbocycles. The quantitative estimate of drug-likeness (QED) is 0.594. The second kappa shape index (κ2) is 2.70. The lowest BCUT2D eigenvalue weighted by molar-refractivity contribution is 0.673. The van der Waals surface area contributed by atoms with Gasteiger partial charge >= 0.3 is 0 Å². The van der Waals surface area contributed by atoms with E-state index in [0.29, 0.717) is 0 Å². The van der Waals surface area contributed by atoms with Crippen molar-refractivity contribution in [3.8, 4) is 0 Å². The predicted molar refractivity (Wildman–Crippen MR) is 40.4 cm³/mol. The summed E-state index contributed by atoms with van der Waals surface area (Å²) in [4.78, 5) is 0. The molecule has 0 aromatic carbocycles. The van der Waals surface area contributed by atoms with Crippen molar-refractivity contribution in [1.82, 2.24) is 15.1 Å². The van der Waals surface area contributed by atoms with Crippen LogP contribution >= 0.6 is 0 Å². The van der Waals surface area contributed by atoms with Gasteiger partial charge in [-0.25, -0.2) is 0 Å². The van der Waals surface area contributed by atoms with Crippen molar-refractivity contribution in [1.29, 1.82) is 0 Å². The van der Waals surface area contributed by atoms with Crippen LogP contribution < -0.4 is 11.1 Å². The number of hydrogen-bond donors (Lipinski definition) is 2. The van der Waals surface area contributed by atoms with Gasteiger partial charge in [0.05, 0.1) is 17.6 Å². The number of anilines is 1. The van der Waals surface area contributed by atoms with E-state index in [1.54, 1.807) is 10.9 Å². The molecule has 0 amide bonds. The Morgan fingerprint density at radius 3 is 2.90 bits per heavy atom. The molecule has 1 rings (SSSR count). The number of nitrogens with two attached hydrogens (primary N) is 1. The first-order valence-corrected chi connectivity index (χ1v) is 3.16. The topological polar surface area (TPSA) is 55.9 Å². The fourth-order valence-corrected chi connectivity index (χ4v) is 0.864. The summed E-state index contributed by atoms with van der Waals surface area (Å²) in [6, 6.07) is 0. The molecule has 0 radical (unpaired) electrons. The Morgan fingerprint density at radius 2 is 2.50 bits per heavy atom. The molecule has 0 aliphatic rings. The van der Waals surface area contributed by atoms with Gasteiger partial charge in [-0.05, 0) is 7.05 Å². The summed E-state index contributed by atoms with van der Waals surface area (Å²) in [5, 5.41) is 7.00. The monoisotopic (exact) mass is 140 g/mol. The molecule has 0 bridgehead atoms. The van der Waals surface area contributed by atoms with Crippen molar-refractivity contribution in [2.75, 3.05) is 12.8 Å². The zero-order chi connectivity index (χ0) is 7.56. The van der Waals surface area contributed by atoms with Gasteiger partial charge in [-0.15, -0.1) is 0 Å². The fraction of sp³-hybridized carbons (Fsp3) is 0.500. The van der Waals surface area contributed by atoms with Gasteiger partial charge in [-0.1, -0.05) is 0 Å². The average Bonchev–Trinajstić information content (AvgIpc) is 2.20. The SMILES string of the molecule is CNCc1c(N)cnn1C. The predicted octanol–water partition coefficient (Wildman–Crippen LogP) is -0.278. The third-order valence-corrected chi connectivity index (χ3v) is 1.44. The largest absolute Gasteiger partial charge is 0.396 e. The highest BCUT2D eigenvalue weighted by Gasteiger charge is 2.01. The molecule has 56 valence electrons. The maximum Gasteiger partial charge on any atom is 0.0748 e. The molecule has 0 fully saturated rings. The van der Waals surface area contributed by atoms with Gasteiger partial charge in [0.25, 0.3) is 0 Å². The second-order valence-corrected chi connectivity index (χ2v) is 2.20. The molecule has 3 N–H and O–H groups in total. The molecule has 0 atom stereocenters. The minimum Gasteiger partial charge on any atom is -0.396 e. The Bertz CT molecular complexity index is 196. The number of rotatable bonds is 2. The van der Waals surface area contributed by atoms with E-state index >= 15 is 0 Å². The zero-order valence-corrected chi connectivity index (χ0v) is 6.26. The van der Waals surface area contributed by atoms with Gasteiger partial charge in [-0.2, -0.15) is 5.10 Å². The maximum atomic E-state index is 5.60. The Balaban J connectivity index is 2.87. The summed E-state index contributed by atoms with van der Waals surface area (Å²) in [6.45, 7) is 0.766. The minimum absolute atomic E-state index is 0.747. The van der Waals surface area contributed by atoms with E-state index in [-0.39, 0.29) is 0 Å². The van der Waals surface area contributed by atoms with Crippen LogP contribution in [-0.4, -0.2) is 16.8 Å². The molecule has 0 unspecified atom stereocenters. The summed E-state index contributed by atoms with van der Waals surface area (Å²) in [5.74, 6) is 0. The molecule has 10 heavy (non-hydrogen) atoms. The summed E-state index contributed by atoms with van der Waals surface area (Å²) in [7, 11) is 3.76. The van der Waals surface area contributed by atoms with Crippen LogP contribution in [0.25, 0.3) is 0 Å². The lowest BCUT2D eigenvalue weighted by Crippen LogP contribution is -2.11. The van der Waals surface area contributed by atoms with Crippen molar-refractivity contribution in [2.24, 2.45) is 7.05 Å². The van der Waals surface area contributed by atoms with Crippen LogP contribution in [-0.2, 0) is 13.6 Å². The molecule has 0 aliphatic carbocycles. The lowest BCUT2D eigenvalue weighted by Gasteiger charge is -2.00. The van der Waals surface area contributed by atoms with Crippen LogP contribution in [0.15, 0.2) is 6.20 Å². The van der Waals surface area contributed by atoms with E-state index in [2.05, 4.69) is 10.4 Å². The highest BCUT2D eigenvalue weighted by molar-refractivity contribution is 5.40. The third kappa shape index (κ3) is 1.11. The molecule has 4 nitrogen and oxygen atoms in total. The van der Waals surface area contributed by atoms with Crippen molar-refractivity contribution in [3.63, 3.8) is 0 Å². The Kier molecular flexibility index (Phi) is 1.91. The van der Waals surface area contributed by atoms with Crippen LogP contribution in [0.1, 0.15) is 5.69 Å². The summed E-state index contributed by atoms with van der Waals surface area (Å²) >= 11 is 0. The van der Waals surface area contributed by atoms with Gasteiger partial charge in [0.2, 0.25) is 0 Å².